The molecule has 178 valence electrons. The van der Waals surface area contributed by atoms with E-state index in [-0.39, 0.29) is 18.5 Å². The van der Waals surface area contributed by atoms with Crippen molar-refractivity contribution in [3.63, 3.8) is 0 Å². The number of aliphatic hydroxyl groups is 1. The molecular formula is C28H42O4. The lowest BCUT2D eigenvalue weighted by atomic mass is 9.74. The molecule has 0 bridgehead atoms. The van der Waals surface area contributed by atoms with Crippen molar-refractivity contribution < 1.29 is 19.4 Å². The molecule has 0 aromatic heterocycles. The van der Waals surface area contributed by atoms with Gasteiger partial charge in [0, 0.05) is 6.42 Å². The Kier molecular flexibility index (Phi) is 12.8. The Hall–Kier alpha value is -2.25. The Balaban J connectivity index is 0.00000249. The monoisotopic (exact) mass is 442 g/mol. The van der Waals surface area contributed by atoms with Crippen LogP contribution in [-0.4, -0.2) is 30.9 Å². The zero-order valence-electron chi connectivity index (χ0n) is 20.8. The van der Waals surface area contributed by atoms with E-state index in [1.165, 1.54) is 24.7 Å². The fourth-order valence-corrected chi connectivity index (χ4v) is 4.59. The third-order valence-corrected chi connectivity index (χ3v) is 6.43. The molecule has 1 unspecified atom stereocenters. The van der Waals surface area contributed by atoms with Crippen LogP contribution in [0.25, 0.3) is 0 Å². The summed E-state index contributed by atoms with van der Waals surface area (Å²) in [6.07, 6.45) is 12.3. The average molecular weight is 443 g/mol. The smallest absolute Gasteiger partial charge is 0.343 e. The Morgan fingerprint density at radius 1 is 1.31 bits per heavy atom. The van der Waals surface area contributed by atoms with Crippen LogP contribution in [0.2, 0.25) is 0 Å². The normalized spacial score (nSPS) is 24.5. The lowest BCUT2D eigenvalue weighted by Gasteiger charge is -2.32. The van der Waals surface area contributed by atoms with Gasteiger partial charge < -0.3 is 14.6 Å². The highest BCUT2D eigenvalue weighted by Crippen LogP contribution is 2.49. The number of fused-ring (bicyclic) bond motifs is 1. The van der Waals surface area contributed by atoms with E-state index in [1.54, 1.807) is 6.08 Å². The zero-order chi connectivity index (χ0) is 24.1. The van der Waals surface area contributed by atoms with Crippen LogP contribution < -0.4 is 0 Å². The molecule has 1 saturated carbocycles. The van der Waals surface area contributed by atoms with Crippen molar-refractivity contribution in [1.82, 2.24) is 0 Å². The lowest BCUT2D eigenvalue weighted by molar-refractivity contribution is -0.144. The number of hydrogen-bond acceptors (Lipinski definition) is 4. The molecule has 0 heterocycles. The van der Waals surface area contributed by atoms with Crippen molar-refractivity contribution in [2.75, 3.05) is 13.7 Å². The van der Waals surface area contributed by atoms with Crippen molar-refractivity contribution in [2.24, 2.45) is 23.7 Å². The van der Waals surface area contributed by atoms with E-state index in [1.807, 2.05) is 39.8 Å². The van der Waals surface area contributed by atoms with Gasteiger partial charge in [0.1, 0.15) is 5.76 Å². The van der Waals surface area contributed by atoms with Crippen LogP contribution in [0.1, 0.15) is 66.7 Å². The fraction of sp³-hybridized carbons (Fsp3) is 0.607. The average Bonchev–Trinajstić information content (AvgIpc) is 3.20. The van der Waals surface area contributed by atoms with Crippen molar-refractivity contribution in [1.29, 1.82) is 0 Å². The maximum atomic E-state index is 11.5. The number of ether oxygens (including phenoxy) is 2. The summed E-state index contributed by atoms with van der Waals surface area (Å²) < 4.78 is 10.4. The van der Waals surface area contributed by atoms with Gasteiger partial charge in [-0.3, -0.25) is 0 Å². The van der Waals surface area contributed by atoms with Gasteiger partial charge in [-0.1, -0.05) is 51.2 Å². The molecule has 2 aliphatic rings. The van der Waals surface area contributed by atoms with Gasteiger partial charge in [-0.2, -0.15) is 0 Å². The van der Waals surface area contributed by atoms with Gasteiger partial charge in [0.05, 0.1) is 13.2 Å². The first-order chi connectivity index (χ1) is 15.4. The maximum Gasteiger partial charge on any atom is 0.343 e. The lowest BCUT2D eigenvalue weighted by Crippen LogP contribution is -2.22. The van der Waals surface area contributed by atoms with E-state index in [0.29, 0.717) is 24.2 Å². The Bertz CT molecular complexity index is 762. The van der Waals surface area contributed by atoms with Crippen molar-refractivity contribution in [2.45, 2.75) is 72.8 Å². The summed E-state index contributed by atoms with van der Waals surface area (Å²) in [7, 11) is 1.36. The number of rotatable bonds is 9. The molecule has 0 spiro atoms. The zero-order valence-corrected chi connectivity index (χ0v) is 20.8. The molecule has 1 N–H and O–H groups in total. The Morgan fingerprint density at radius 3 is 2.66 bits per heavy atom. The second kappa shape index (κ2) is 14.7. The highest BCUT2D eigenvalue weighted by atomic mass is 16.6. The number of carbonyl (C=O) groups excluding carboxylic acids is 1. The van der Waals surface area contributed by atoms with Crippen LogP contribution >= 0.6 is 0 Å². The third kappa shape index (κ3) is 8.02. The topological polar surface area (TPSA) is 55.8 Å². The summed E-state index contributed by atoms with van der Waals surface area (Å²) in [6.45, 7) is 13.7. The highest BCUT2D eigenvalue weighted by molar-refractivity contribution is 5.70. The quantitative estimate of drug-likeness (QED) is 0.157. The van der Waals surface area contributed by atoms with Crippen LogP contribution in [0.4, 0.5) is 0 Å². The molecule has 0 radical (unpaired) electrons. The van der Waals surface area contributed by atoms with Crippen LogP contribution in [0.3, 0.4) is 0 Å². The molecule has 2 aliphatic carbocycles. The first kappa shape index (κ1) is 27.8. The Morgan fingerprint density at radius 2 is 2.03 bits per heavy atom. The Labute approximate surface area is 195 Å². The summed E-state index contributed by atoms with van der Waals surface area (Å²) in [6, 6.07) is 0. The number of hydrogen-bond donors (Lipinski definition) is 1. The standard InChI is InChI=1S/C26H36O4.C2H6/c1-6-8-10-18(3)24(27)14-13-20-11-12-21-16-22(19(4)15-23(20)21)25(9-7-2)30-17-26(28)29-5;1-2/h7,9,13-14,18,20-21,23-24,27H,2,10-12,15-17H2,1,3-5H3;1-2H3/b14-13+,25-9+;/t18-,20+,21+,23+,24?;/m0./s1. The van der Waals surface area contributed by atoms with Gasteiger partial charge in [-0.15, -0.1) is 11.8 Å². The summed E-state index contributed by atoms with van der Waals surface area (Å²) in [5.41, 5.74) is 2.50. The first-order valence-electron chi connectivity index (χ1n) is 11.9. The molecule has 0 aromatic carbocycles. The summed E-state index contributed by atoms with van der Waals surface area (Å²) >= 11 is 0. The van der Waals surface area contributed by atoms with Crippen LogP contribution in [0.15, 0.2) is 47.8 Å². The molecule has 0 amide bonds. The second-order valence-electron chi connectivity index (χ2n) is 8.45. The molecule has 32 heavy (non-hydrogen) atoms. The molecule has 4 heteroatoms. The predicted octanol–water partition coefficient (Wildman–Crippen LogP) is 5.99. The van der Waals surface area contributed by atoms with Gasteiger partial charge in [0.25, 0.3) is 0 Å². The number of methoxy groups -OCH3 is 1. The molecule has 2 rings (SSSR count). The van der Waals surface area contributed by atoms with E-state index in [4.69, 9.17) is 9.47 Å². The third-order valence-electron chi connectivity index (χ3n) is 6.43. The summed E-state index contributed by atoms with van der Waals surface area (Å²) in [5, 5.41) is 10.4. The van der Waals surface area contributed by atoms with Gasteiger partial charge in [-0.25, -0.2) is 4.79 Å². The molecular weight excluding hydrogens is 400 g/mol. The molecule has 0 aliphatic heterocycles. The molecule has 0 saturated heterocycles. The van der Waals surface area contributed by atoms with Crippen LogP contribution in [0.5, 0.6) is 0 Å². The van der Waals surface area contributed by atoms with Gasteiger partial charge in [0.2, 0.25) is 0 Å². The first-order valence-corrected chi connectivity index (χ1v) is 11.9. The van der Waals surface area contributed by atoms with E-state index in [9.17, 15) is 9.90 Å². The summed E-state index contributed by atoms with van der Waals surface area (Å²) in [5.74, 6) is 8.11. The molecule has 0 aromatic rings. The predicted molar refractivity (Wildman–Crippen MR) is 132 cm³/mol. The minimum atomic E-state index is -0.450. The van der Waals surface area contributed by atoms with Crippen LogP contribution in [0, 0.1) is 35.5 Å². The number of allylic oxidation sites excluding steroid dienone is 5. The highest BCUT2D eigenvalue weighted by Gasteiger charge is 2.39. The fourth-order valence-electron chi connectivity index (χ4n) is 4.59. The van der Waals surface area contributed by atoms with E-state index in [2.05, 4.69) is 31.4 Å². The largest absolute Gasteiger partial charge is 0.482 e. The minimum absolute atomic E-state index is 0.0924. The van der Waals surface area contributed by atoms with Crippen molar-refractivity contribution >= 4 is 5.97 Å². The van der Waals surface area contributed by atoms with Gasteiger partial charge >= 0.3 is 5.97 Å². The minimum Gasteiger partial charge on any atom is -0.482 e. The van der Waals surface area contributed by atoms with E-state index >= 15 is 0 Å². The van der Waals surface area contributed by atoms with Crippen LogP contribution in [-0.2, 0) is 14.3 Å². The van der Waals surface area contributed by atoms with E-state index < -0.39 is 6.10 Å². The summed E-state index contributed by atoms with van der Waals surface area (Å²) in [4.78, 5) is 11.5. The molecule has 4 nitrogen and oxygen atoms in total. The molecule has 5 atom stereocenters. The number of esters is 1. The SMILES string of the molecule is C=C/C=C(/OCC(=O)OC)C1=C(C)C[C@H]2[C@H](CC[C@@H]2/C=C/C(O)[C@@H](C)CC#CC)C1.CC. The van der Waals surface area contributed by atoms with Crippen molar-refractivity contribution in [3.8, 4) is 11.8 Å². The van der Waals surface area contributed by atoms with Gasteiger partial charge in [0.15, 0.2) is 6.61 Å². The molecule has 1 fully saturated rings. The van der Waals surface area contributed by atoms with E-state index in [0.717, 1.165) is 25.0 Å². The second-order valence-corrected chi connectivity index (χ2v) is 8.45. The number of aliphatic hydroxyl groups excluding tert-OH is 1. The maximum absolute atomic E-state index is 11.5. The number of carbonyl (C=O) groups is 1. The van der Waals surface area contributed by atoms with Crippen molar-refractivity contribution in [3.05, 3.63) is 47.8 Å². The van der Waals surface area contributed by atoms with Gasteiger partial charge in [-0.05, 0) is 74.9 Å².